The van der Waals surface area contributed by atoms with Crippen LogP contribution in [-0.2, 0) is 11.3 Å². The highest BCUT2D eigenvalue weighted by Gasteiger charge is 2.29. The van der Waals surface area contributed by atoms with Gasteiger partial charge in [-0.15, -0.1) is 0 Å². The molecule has 0 aromatic carbocycles. The van der Waals surface area contributed by atoms with Crippen molar-refractivity contribution in [2.45, 2.75) is 51.2 Å². The van der Waals surface area contributed by atoms with Crippen molar-refractivity contribution >= 4 is 5.91 Å². The molecule has 2 aliphatic rings. The van der Waals surface area contributed by atoms with E-state index in [4.69, 9.17) is 0 Å². The fourth-order valence-corrected chi connectivity index (χ4v) is 3.67. The average Bonchev–Trinajstić information content (AvgIpc) is 2.59. The summed E-state index contributed by atoms with van der Waals surface area (Å²) in [6.45, 7) is 6.14. The van der Waals surface area contributed by atoms with Gasteiger partial charge in [-0.05, 0) is 43.9 Å². The Morgan fingerprint density at radius 1 is 1.39 bits per heavy atom. The van der Waals surface area contributed by atoms with Crippen LogP contribution in [0, 0.1) is 5.92 Å². The number of likely N-dealkylation sites (tertiary alicyclic amines) is 1. The highest BCUT2D eigenvalue weighted by Crippen LogP contribution is 2.19. The fraction of sp³-hybridized carbons (Fsp3) is 0.667. The van der Waals surface area contributed by atoms with Gasteiger partial charge in [-0.3, -0.25) is 14.7 Å². The number of nitrogens with one attached hydrogen (secondary N) is 2. The lowest BCUT2D eigenvalue weighted by Gasteiger charge is -2.38. The monoisotopic (exact) mass is 316 g/mol. The molecule has 2 aliphatic heterocycles. The first kappa shape index (κ1) is 16.4. The molecule has 0 aliphatic carbocycles. The Kier molecular flexibility index (Phi) is 5.62. The maximum absolute atomic E-state index is 12.4. The Hall–Kier alpha value is -1.46. The van der Waals surface area contributed by atoms with E-state index in [0.29, 0.717) is 12.0 Å². The largest absolute Gasteiger partial charge is 0.352 e. The third-order valence-electron chi connectivity index (χ3n) is 5.06. The number of aromatic nitrogens is 1. The predicted molar refractivity (Wildman–Crippen MR) is 90.9 cm³/mol. The van der Waals surface area contributed by atoms with Crippen LogP contribution in [0.25, 0.3) is 0 Å². The van der Waals surface area contributed by atoms with E-state index in [1.165, 1.54) is 6.42 Å². The molecule has 0 saturated carbocycles. The zero-order valence-electron chi connectivity index (χ0n) is 14.0. The van der Waals surface area contributed by atoms with E-state index in [2.05, 4.69) is 33.5 Å². The number of hydrogen-bond acceptors (Lipinski definition) is 4. The van der Waals surface area contributed by atoms with E-state index in [0.717, 1.165) is 51.1 Å². The van der Waals surface area contributed by atoms with Crippen LogP contribution in [0.5, 0.6) is 0 Å². The molecule has 5 nitrogen and oxygen atoms in total. The summed E-state index contributed by atoms with van der Waals surface area (Å²) in [6, 6.07) is 6.38. The van der Waals surface area contributed by atoms with Gasteiger partial charge >= 0.3 is 0 Å². The van der Waals surface area contributed by atoms with E-state index >= 15 is 0 Å². The predicted octanol–water partition coefficient (Wildman–Crippen LogP) is 1.55. The molecule has 0 unspecified atom stereocenters. The molecule has 2 N–H and O–H groups in total. The molecule has 3 atom stereocenters. The SMILES string of the molecule is C[C@@H]1CN(Cc2ccccn2)CC[C@@H]1NC(=O)[C@H]1CCCCN1. The molecule has 1 amide bonds. The van der Waals surface area contributed by atoms with Crippen LogP contribution in [0.2, 0.25) is 0 Å². The second-order valence-electron chi connectivity index (χ2n) is 6.94. The Balaban J connectivity index is 1.47. The standard InChI is InChI=1S/C18H28N4O/c1-14-12-22(13-15-6-2-4-9-19-15)11-8-16(14)21-18(23)17-7-3-5-10-20-17/h2,4,6,9,14,16-17,20H,3,5,7-8,10-13H2,1H3,(H,21,23)/t14-,16+,17-/m1/s1. The van der Waals surface area contributed by atoms with E-state index in [1.807, 2.05) is 18.3 Å². The van der Waals surface area contributed by atoms with Crippen LogP contribution in [0.4, 0.5) is 0 Å². The Morgan fingerprint density at radius 3 is 3.00 bits per heavy atom. The third-order valence-corrected chi connectivity index (χ3v) is 5.06. The summed E-state index contributed by atoms with van der Waals surface area (Å²) >= 11 is 0. The first-order valence-corrected chi connectivity index (χ1v) is 8.88. The van der Waals surface area contributed by atoms with Crippen molar-refractivity contribution in [1.82, 2.24) is 20.5 Å². The van der Waals surface area contributed by atoms with Gasteiger partial charge in [0.15, 0.2) is 0 Å². The molecule has 5 heteroatoms. The van der Waals surface area contributed by atoms with Crippen LogP contribution in [0.3, 0.4) is 0 Å². The number of pyridine rings is 1. The molecule has 2 saturated heterocycles. The molecule has 3 rings (SSSR count). The zero-order chi connectivity index (χ0) is 16.1. The molecular weight excluding hydrogens is 288 g/mol. The number of carbonyl (C=O) groups excluding carboxylic acids is 1. The van der Waals surface area contributed by atoms with Gasteiger partial charge in [0.1, 0.15) is 0 Å². The van der Waals surface area contributed by atoms with Crippen molar-refractivity contribution in [2.75, 3.05) is 19.6 Å². The number of piperidine rings is 2. The summed E-state index contributed by atoms with van der Waals surface area (Å²) in [5.74, 6) is 0.666. The van der Waals surface area contributed by atoms with Gasteiger partial charge < -0.3 is 10.6 Å². The summed E-state index contributed by atoms with van der Waals surface area (Å²) in [6.07, 6.45) is 6.18. The summed E-state index contributed by atoms with van der Waals surface area (Å²) < 4.78 is 0. The zero-order valence-corrected chi connectivity index (χ0v) is 14.0. The lowest BCUT2D eigenvalue weighted by atomic mass is 9.93. The van der Waals surface area contributed by atoms with Gasteiger partial charge in [-0.25, -0.2) is 0 Å². The Bertz CT molecular complexity index is 501. The number of amides is 1. The van der Waals surface area contributed by atoms with Crippen molar-refractivity contribution in [3.63, 3.8) is 0 Å². The molecule has 0 spiro atoms. The second-order valence-corrected chi connectivity index (χ2v) is 6.94. The summed E-state index contributed by atoms with van der Waals surface area (Å²) in [4.78, 5) is 19.2. The highest BCUT2D eigenvalue weighted by atomic mass is 16.2. The van der Waals surface area contributed by atoms with E-state index in [-0.39, 0.29) is 11.9 Å². The quantitative estimate of drug-likeness (QED) is 0.885. The van der Waals surface area contributed by atoms with Crippen molar-refractivity contribution in [2.24, 2.45) is 5.92 Å². The number of nitrogens with zero attached hydrogens (tertiary/aromatic N) is 2. The van der Waals surface area contributed by atoms with Gasteiger partial charge in [-0.2, -0.15) is 0 Å². The number of rotatable bonds is 4. The average molecular weight is 316 g/mol. The molecular formula is C18H28N4O. The van der Waals surface area contributed by atoms with Gasteiger partial charge in [0, 0.05) is 31.9 Å². The van der Waals surface area contributed by atoms with E-state index in [1.54, 1.807) is 0 Å². The van der Waals surface area contributed by atoms with Crippen LogP contribution in [0.15, 0.2) is 24.4 Å². The molecule has 0 radical (unpaired) electrons. The van der Waals surface area contributed by atoms with Gasteiger partial charge in [0.2, 0.25) is 5.91 Å². The highest BCUT2D eigenvalue weighted by molar-refractivity contribution is 5.82. The molecule has 126 valence electrons. The minimum Gasteiger partial charge on any atom is -0.352 e. The minimum absolute atomic E-state index is 0.0162. The van der Waals surface area contributed by atoms with Crippen LogP contribution in [0.1, 0.15) is 38.3 Å². The van der Waals surface area contributed by atoms with Crippen LogP contribution < -0.4 is 10.6 Å². The topological polar surface area (TPSA) is 57.3 Å². The Labute approximate surface area is 138 Å². The fourth-order valence-electron chi connectivity index (χ4n) is 3.67. The minimum atomic E-state index is 0.0162. The van der Waals surface area contributed by atoms with Crippen molar-refractivity contribution in [3.8, 4) is 0 Å². The summed E-state index contributed by atoms with van der Waals surface area (Å²) in [5, 5.41) is 6.61. The molecule has 23 heavy (non-hydrogen) atoms. The van der Waals surface area contributed by atoms with Crippen LogP contribution in [-0.4, -0.2) is 47.5 Å². The summed E-state index contributed by atoms with van der Waals surface area (Å²) in [7, 11) is 0. The first-order valence-electron chi connectivity index (χ1n) is 8.88. The molecule has 3 heterocycles. The van der Waals surface area contributed by atoms with Crippen molar-refractivity contribution in [3.05, 3.63) is 30.1 Å². The van der Waals surface area contributed by atoms with Crippen molar-refractivity contribution < 1.29 is 4.79 Å². The lowest BCUT2D eigenvalue weighted by Crippen LogP contribution is -2.54. The number of carbonyl (C=O) groups is 1. The van der Waals surface area contributed by atoms with Gasteiger partial charge in [0.25, 0.3) is 0 Å². The van der Waals surface area contributed by atoms with E-state index in [9.17, 15) is 4.79 Å². The maximum Gasteiger partial charge on any atom is 0.237 e. The molecule has 2 fully saturated rings. The third kappa shape index (κ3) is 4.52. The van der Waals surface area contributed by atoms with Gasteiger partial charge in [-0.1, -0.05) is 19.4 Å². The van der Waals surface area contributed by atoms with Crippen molar-refractivity contribution in [1.29, 1.82) is 0 Å². The first-order chi connectivity index (χ1) is 11.2. The smallest absolute Gasteiger partial charge is 0.237 e. The lowest BCUT2D eigenvalue weighted by molar-refractivity contribution is -0.125. The normalized spacial score (nSPS) is 29.2. The van der Waals surface area contributed by atoms with E-state index < -0.39 is 0 Å². The molecule has 0 bridgehead atoms. The number of hydrogen-bond donors (Lipinski definition) is 2. The molecule has 1 aromatic rings. The van der Waals surface area contributed by atoms with Gasteiger partial charge in [0.05, 0.1) is 11.7 Å². The summed E-state index contributed by atoms with van der Waals surface area (Å²) in [5.41, 5.74) is 1.12. The maximum atomic E-state index is 12.4. The Morgan fingerprint density at radius 2 is 2.30 bits per heavy atom. The molecule has 1 aromatic heterocycles. The second kappa shape index (κ2) is 7.88. The van der Waals surface area contributed by atoms with Crippen LogP contribution >= 0.6 is 0 Å².